The van der Waals surface area contributed by atoms with Gasteiger partial charge >= 0.3 is 11.7 Å². The zero-order chi connectivity index (χ0) is 18.7. The number of hydrogen-bond acceptors (Lipinski definition) is 5. The smallest absolute Gasteiger partial charge is 0.331 e. The van der Waals surface area contributed by atoms with Gasteiger partial charge in [0, 0.05) is 43.4 Å². The number of hydrogen-bond donors (Lipinski definition) is 0. The SMILES string of the molecule is Cn1c(COC(=O)/C=C/c2cccc3cccnc23)cc(=O)n(C)c1=O. The molecule has 7 nitrogen and oxygen atoms in total. The summed E-state index contributed by atoms with van der Waals surface area (Å²) < 4.78 is 7.39. The van der Waals surface area contributed by atoms with Gasteiger partial charge in [0.2, 0.25) is 0 Å². The summed E-state index contributed by atoms with van der Waals surface area (Å²) in [7, 11) is 2.91. The molecule has 0 radical (unpaired) electrons. The van der Waals surface area contributed by atoms with Crippen LogP contribution in [0, 0.1) is 0 Å². The highest BCUT2D eigenvalue weighted by Crippen LogP contribution is 2.17. The minimum absolute atomic E-state index is 0.168. The van der Waals surface area contributed by atoms with E-state index < -0.39 is 17.2 Å². The van der Waals surface area contributed by atoms with Crippen molar-refractivity contribution in [1.29, 1.82) is 0 Å². The fourth-order valence-corrected chi connectivity index (χ4v) is 2.53. The second kappa shape index (κ2) is 7.18. The summed E-state index contributed by atoms with van der Waals surface area (Å²) in [6.45, 7) is -0.168. The first-order valence-corrected chi connectivity index (χ1v) is 7.92. The van der Waals surface area contributed by atoms with Crippen molar-refractivity contribution in [2.24, 2.45) is 14.1 Å². The maximum atomic E-state index is 12.0. The number of pyridine rings is 1. The predicted molar refractivity (Wildman–Crippen MR) is 97.5 cm³/mol. The van der Waals surface area contributed by atoms with Crippen LogP contribution in [0.3, 0.4) is 0 Å². The Balaban J connectivity index is 1.75. The van der Waals surface area contributed by atoms with Crippen molar-refractivity contribution in [2.45, 2.75) is 6.61 Å². The van der Waals surface area contributed by atoms with E-state index in [2.05, 4.69) is 4.98 Å². The van der Waals surface area contributed by atoms with Crippen LogP contribution < -0.4 is 11.2 Å². The van der Waals surface area contributed by atoms with Crippen LogP contribution in [0.5, 0.6) is 0 Å². The van der Waals surface area contributed by atoms with E-state index in [0.717, 1.165) is 21.0 Å². The monoisotopic (exact) mass is 351 g/mol. The van der Waals surface area contributed by atoms with Crippen molar-refractivity contribution in [3.63, 3.8) is 0 Å². The molecule has 26 heavy (non-hydrogen) atoms. The second-order valence-electron chi connectivity index (χ2n) is 5.74. The molecule has 0 N–H and O–H groups in total. The summed E-state index contributed by atoms with van der Waals surface area (Å²) in [4.78, 5) is 39.8. The van der Waals surface area contributed by atoms with E-state index in [1.165, 1.54) is 30.8 Å². The minimum Gasteiger partial charge on any atom is -0.456 e. The van der Waals surface area contributed by atoms with Crippen molar-refractivity contribution in [2.75, 3.05) is 0 Å². The highest BCUT2D eigenvalue weighted by molar-refractivity contribution is 5.92. The van der Waals surface area contributed by atoms with Gasteiger partial charge in [-0.3, -0.25) is 18.9 Å². The van der Waals surface area contributed by atoms with Crippen molar-refractivity contribution >= 4 is 22.9 Å². The molecule has 0 spiro atoms. The molecule has 2 aromatic heterocycles. The summed E-state index contributed by atoms with van der Waals surface area (Å²) in [5.74, 6) is -0.578. The number of carbonyl (C=O) groups excluding carboxylic acids is 1. The van der Waals surface area contributed by atoms with E-state index in [1.807, 2.05) is 30.3 Å². The molecule has 0 amide bonds. The van der Waals surface area contributed by atoms with Gasteiger partial charge in [0.15, 0.2) is 0 Å². The molecule has 0 aliphatic rings. The van der Waals surface area contributed by atoms with Crippen molar-refractivity contribution < 1.29 is 9.53 Å². The van der Waals surface area contributed by atoms with Gasteiger partial charge in [0.1, 0.15) is 6.61 Å². The Morgan fingerprint density at radius 3 is 2.73 bits per heavy atom. The van der Waals surface area contributed by atoms with E-state index in [-0.39, 0.29) is 6.61 Å². The first-order chi connectivity index (χ1) is 12.5. The molecule has 3 aromatic rings. The van der Waals surface area contributed by atoms with E-state index in [4.69, 9.17) is 4.74 Å². The van der Waals surface area contributed by atoms with Crippen LogP contribution >= 0.6 is 0 Å². The summed E-state index contributed by atoms with van der Waals surface area (Å²) >= 11 is 0. The largest absolute Gasteiger partial charge is 0.456 e. The van der Waals surface area contributed by atoms with Crippen LogP contribution in [-0.2, 0) is 30.2 Å². The Morgan fingerprint density at radius 1 is 1.15 bits per heavy atom. The highest BCUT2D eigenvalue weighted by atomic mass is 16.5. The van der Waals surface area contributed by atoms with Crippen molar-refractivity contribution in [3.05, 3.63) is 80.8 Å². The zero-order valence-electron chi connectivity index (χ0n) is 14.4. The van der Waals surface area contributed by atoms with Gasteiger partial charge in [-0.15, -0.1) is 0 Å². The summed E-state index contributed by atoms with van der Waals surface area (Å²) in [5, 5.41) is 0.971. The second-order valence-corrected chi connectivity index (χ2v) is 5.74. The Labute approximate surface area is 148 Å². The lowest BCUT2D eigenvalue weighted by atomic mass is 10.1. The molecular weight excluding hydrogens is 334 g/mol. The third-order valence-electron chi connectivity index (χ3n) is 4.05. The number of nitrogens with zero attached hydrogens (tertiary/aromatic N) is 3. The molecule has 0 atom stereocenters. The molecule has 0 aliphatic heterocycles. The predicted octanol–water partition coefficient (Wildman–Crippen LogP) is 1.39. The molecular formula is C19H17N3O4. The van der Waals surface area contributed by atoms with Gasteiger partial charge < -0.3 is 4.74 Å². The standard InChI is InChI=1S/C19H17N3O4/c1-21-15(11-16(23)22(2)19(21)25)12-26-17(24)9-8-14-6-3-5-13-7-4-10-20-18(13)14/h3-11H,12H2,1-2H3/b9-8+. The first kappa shape index (κ1) is 17.3. The number of rotatable bonds is 4. The Hall–Kier alpha value is -3.48. The van der Waals surface area contributed by atoms with E-state index in [1.54, 1.807) is 12.3 Å². The molecule has 0 bridgehead atoms. The van der Waals surface area contributed by atoms with Crippen LogP contribution in [-0.4, -0.2) is 20.1 Å². The van der Waals surface area contributed by atoms with Crippen LogP contribution in [0.25, 0.3) is 17.0 Å². The van der Waals surface area contributed by atoms with E-state index in [9.17, 15) is 14.4 Å². The first-order valence-electron chi connectivity index (χ1n) is 7.92. The Bertz CT molecular complexity index is 1120. The van der Waals surface area contributed by atoms with Crippen molar-refractivity contribution in [3.8, 4) is 0 Å². The lowest BCUT2D eigenvalue weighted by Crippen LogP contribution is -2.38. The summed E-state index contributed by atoms with van der Waals surface area (Å²) in [6, 6.07) is 10.7. The molecule has 132 valence electrons. The van der Waals surface area contributed by atoms with Crippen LogP contribution in [0.4, 0.5) is 0 Å². The molecule has 0 saturated heterocycles. The average molecular weight is 351 g/mol. The van der Waals surface area contributed by atoms with Crippen LogP contribution in [0.15, 0.2) is 58.3 Å². The molecule has 3 rings (SSSR count). The minimum atomic E-state index is -0.578. The number of carbonyl (C=O) groups is 1. The number of aromatic nitrogens is 3. The molecule has 0 aliphatic carbocycles. The quantitative estimate of drug-likeness (QED) is 0.524. The number of ether oxygens (including phenoxy) is 1. The van der Waals surface area contributed by atoms with Gasteiger partial charge in [-0.2, -0.15) is 0 Å². The van der Waals surface area contributed by atoms with E-state index in [0.29, 0.717) is 5.69 Å². The molecule has 0 unspecified atom stereocenters. The van der Waals surface area contributed by atoms with Gasteiger partial charge in [0.25, 0.3) is 5.56 Å². The topological polar surface area (TPSA) is 83.2 Å². The zero-order valence-corrected chi connectivity index (χ0v) is 14.4. The van der Waals surface area contributed by atoms with E-state index >= 15 is 0 Å². The third kappa shape index (κ3) is 3.46. The number of benzene rings is 1. The lowest BCUT2D eigenvalue weighted by Gasteiger charge is -2.09. The van der Waals surface area contributed by atoms with Crippen LogP contribution in [0.1, 0.15) is 11.3 Å². The Morgan fingerprint density at radius 2 is 1.92 bits per heavy atom. The molecule has 7 heteroatoms. The number of esters is 1. The molecule has 1 aromatic carbocycles. The molecule has 0 saturated carbocycles. The molecule has 2 heterocycles. The average Bonchev–Trinajstić information content (AvgIpc) is 2.66. The Kier molecular flexibility index (Phi) is 4.79. The normalized spacial score (nSPS) is 11.2. The van der Waals surface area contributed by atoms with Crippen molar-refractivity contribution in [1.82, 2.24) is 14.1 Å². The fourth-order valence-electron chi connectivity index (χ4n) is 2.53. The number of para-hydroxylation sites is 1. The van der Waals surface area contributed by atoms with Gasteiger partial charge in [-0.25, -0.2) is 9.59 Å². The van der Waals surface area contributed by atoms with Crippen LogP contribution in [0.2, 0.25) is 0 Å². The number of fused-ring (bicyclic) bond motifs is 1. The fraction of sp³-hybridized carbons (Fsp3) is 0.158. The van der Waals surface area contributed by atoms with Gasteiger partial charge in [-0.1, -0.05) is 24.3 Å². The highest BCUT2D eigenvalue weighted by Gasteiger charge is 2.08. The van der Waals surface area contributed by atoms with Gasteiger partial charge in [-0.05, 0) is 12.1 Å². The summed E-state index contributed by atoms with van der Waals surface area (Å²) in [5.41, 5.74) is 0.984. The maximum absolute atomic E-state index is 12.0. The maximum Gasteiger partial charge on any atom is 0.331 e. The lowest BCUT2D eigenvalue weighted by molar-refractivity contribution is -0.139. The summed E-state index contributed by atoms with van der Waals surface area (Å²) in [6.07, 6.45) is 4.61. The third-order valence-corrected chi connectivity index (χ3v) is 4.05. The molecule has 0 fully saturated rings. The van der Waals surface area contributed by atoms with Gasteiger partial charge in [0.05, 0.1) is 11.2 Å².